The van der Waals surface area contributed by atoms with Gasteiger partial charge in [-0.3, -0.25) is 9.78 Å². The molecule has 1 aromatic heterocycles. The third kappa shape index (κ3) is 2.45. The molecule has 0 atom stereocenters. The first-order chi connectivity index (χ1) is 5.68. The van der Waals surface area contributed by atoms with Gasteiger partial charge in [0.25, 0.3) is 5.91 Å². The molecule has 12 heavy (non-hydrogen) atoms. The number of carbonyl (C=O) groups excluding carboxylic acids is 1. The number of ether oxygens (including phenoxy) is 1. The van der Waals surface area contributed by atoms with Gasteiger partial charge in [0.2, 0.25) is 0 Å². The molecule has 0 fully saturated rings. The molecule has 0 bridgehead atoms. The molecule has 0 spiro atoms. The number of rotatable bonds is 3. The topological polar surface area (TPSA) is 91.2 Å². The summed E-state index contributed by atoms with van der Waals surface area (Å²) in [6, 6.07) is 1.57. The fourth-order valence-corrected chi connectivity index (χ4v) is 0.669. The monoisotopic (exact) mass is 167 g/mol. The molecule has 5 nitrogen and oxygen atoms in total. The van der Waals surface area contributed by atoms with Crippen molar-refractivity contribution < 1.29 is 9.53 Å². The van der Waals surface area contributed by atoms with E-state index < -0.39 is 5.91 Å². The Labute approximate surface area is 69.3 Å². The van der Waals surface area contributed by atoms with Gasteiger partial charge in [0.1, 0.15) is 5.75 Å². The van der Waals surface area contributed by atoms with E-state index in [1.165, 1.54) is 12.4 Å². The summed E-state index contributed by atoms with van der Waals surface area (Å²) in [5, 5.41) is 0. The number of pyridine rings is 1. The van der Waals surface area contributed by atoms with Gasteiger partial charge in [-0.05, 0) is 0 Å². The highest BCUT2D eigenvalue weighted by Gasteiger charge is 1.97. The van der Waals surface area contributed by atoms with Gasteiger partial charge in [-0.15, -0.1) is 0 Å². The van der Waals surface area contributed by atoms with Gasteiger partial charge in [0, 0.05) is 6.07 Å². The number of aromatic nitrogens is 1. The molecular weight excluding hydrogens is 158 g/mol. The van der Waals surface area contributed by atoms with Crippen molar-refractivity contribution in [3.05, 3.63) is 18.5 Å². The molecular formula is C7H9N3O2. The van der Waals surface area contributed by atoms with E-state index in [1.807, 2.05) is 0 Å². The second kappa shape index (κ2) is 3.56. The van der Waals surface area contributed by atoms with Crippen LogP contribution >= 0.6 is 0 Å². The molecule has 0 aliphatic rings. The summed E-state index contributed by atoms with van der Waals surface area (Å²) < 4.78 is 4.93. The zero-order valence-corrected chi connectivity index (χ0v) is 6.36. The molecule has 5 heteroatoms. The summed E-state index contributed by atoms with van der Waals surface area (Å²) in [6.07, 6.45) is 2.94. The molecule has 0 unspecified atom stereocenters. The summed E-state index contributed by atoms with van der Waals surface area (Å²) in [4.78, 5) is 14.1. The SMILES string of the molecule is NC(=O)COc1cncc(N)c1. The van der Waals surface area contributed by atoms with Crippen molar-refractivity contribution >= 4 is 11.6 Å². The van der Waals surface area contributed by atoms with Gasteiger partial charge < -0.3 is 16.2 Å². The number of hydrogen-bond donors (Lipinski definition) is 2. The third-order valence-corrected chi connectivity index (χ3v) is 1.12. The van der Waals surface area contributed by atoms with E-state index in [-0.39, 0.29) is 6.61 Å². The largest absolute Gasteiger partial charge is 0.482 e. The Balaban J connectivity index is 2.57. The highest BCUT2D eigenvalue weighted by atomic mass is 16.5. The summed E-state index contributed by atoms with van der Waals surface area (Å²) in [5.41, 5.74) is 10.8. The number of nitrogen functional groups attached to an aromatic ring is 1. The van der Waals surface area contributed by atoms with Crippen LogP contribution in [0.1, 0.15) is 0 Å². The van der Waals surface area contributed by atoms with Crippen LogP contribution in [0.15, 0.2) is 18.5 Å². The van der Waals surface area contributed by atoms with Crippen LogP contribution in [0.25, 0.3) is 0 Å². The lowest BCUT2D eigenvalue weighted by atomic mass is 10.4. The van der Waals surface area contributed by atoms with Crippen LogP contribution in [-0.4, -0.2) is 17.5 Å². The van der Waals surface area contributed by atoms with Crippen molar-refractivity contribution in [1.29, 1.82) is 0 Å². The molecule has 4 N–H and O–H groups in total. The Kier molecular flexibility index (Phi) is 2.47. The highest BCUT2D eigenvalue weighted by Crippen LogP contribution is 2.11. The lowest BCUT2D eigenvalue weighted by Crippen LogP contribution is -2.20. The van der Waals surface area contributed by atoms with E-state index >= 15 is 0 Å². The Morgan fingerprint density at radius 2 is 2.33 bits per heavy atom. The second-order valence-electron chi connectivity index (χ2n) is 2.21. The van der Waals surface area contributed by atoms with E-state index in [2.05, 4.69) is 4.98 Å². The van der Waals surface area contributed by atoms with Crippen molar-refractivity contribution in [3.63, 3.8) is 0 Å². The average molecular weight is 167 g/mol. The molecule has 0 aromatic carbocycles. The minimum atomic E-state index is -0.530. The Morgan fingerprint density at radius 3 is 2.92 bits per heavy atom. The minimum absolute atomic E-state index is 0.162. The maximum Gasteiger partial charge on any atom is 0.255 e. The third-order valence-electron chi connectivity index (χ3n) is 1.12. The van der Waals surface area contributed by atoms with E-state index in [0.29, 0.717) is 11.4 Å². The Hall–Kier alpha value is -1.78. The van der Waals surface area contributed by atoms with Crippen LogP contribution in [-0.2, 0) is 4.79 Å². The molecule has 1 amide bonds. The van der Waals surface area contributed by atoms with Crippen molar-refractivity contribution in [3.8, 4) is 5.75 Å². The van der Waals surface area contributed by atoms with Gasteiger partial charge in [0.15, 0.2) is 6.61 Å². The number of hydrogen-bond acceptors (Lipinski definition) is 4. The first-order valence-electron chi connectivity index (χ1n) is 3.30. The summed E-state index contributed by atoms with van der Waals surface area (Å²) in [5.74, 6) is -0.0915. The molecule has 1 aromatic rings. The van der Waals surface area contributed by atoms with Crippen LogP contribution in [0.2, 0.25) is 0 Å². The summed E-state index contributed by atoms with van der Waals surface area (Å²) in [6.45, 7) is -0.162. The highest BCUT2D eigenvalue weighted by molar-refractivity contribution is 5.75. The van der Waals surface area contributed by atoms with Gasteiger partial charge in [-0.25, -0.2) is 0 Å². The van der Waals surface area contributed by atoms with E-state index in [0.717, 1.165) is 0 Å². The van der Waals surface area contributed by atoms with Crippen molar-refractivity contribution in [2.75, 3.05) is 12.3 Å². The van der Waals surface area contributed by atoms with Crippen molar-refractivity contribution in [2.45, 2.75) is 0 Å². The summed E-state index contributed by atoms with van der Waals surface area (Å²) in [7, 11) is 0. The van der Waals surface area contributed by atoms with Crippen molar-refractivity contribution in [1.82, 2.24) is 4.98 Å². The van der Waals surface area contributed by atoms with E-state index in [9.17, 15) is 4.79 Å². The normalized spacial score (nSPS) is 9.33. The van der Waals surface area contributed by atoms with Gasteiger partial charge in [0.05, 0.1) is 18.1 Å². The van der Waals surface area contributed by atoms with Gasteiger partial charge >= 0.3 is 0 Å². The Morgan fingerprint density at radius 1 is 1.58 bits per heavy atom. The maximum atomic E-state index is 10.3. The fraction of sp³-hybridized carbons (Fsp3) is 0.143. The summed E-state index contributed by atoms with van der Waals surface area (Å²) >= 11 is 0. The van der Waals surface area contributed by atoms with E-state index in [1.54, 1.807) is 6.07 Å². The standard InChI is InChI=1S/C7H9N3O2/c8-5-1-6(3-10-2-5)12-4-7(9)11/h1-3H,4,8H2,(H2,9,11). The average Bonchev–Trinajstić information content (AvgIpc) is 2.01. The zero-order valence-electron chi connectivity index (χ0n) is 6.36. The maximum absolute atomic E-state index is 10.3. The molecule has 0 aliphatic carbocycles. The van der Waals surface area contributed by atoms with E-state index in [4.69, 9.17) is 16.2 Å². The first-order valence-corrected chi connectivity index (χ1v) is 3.30. The number of carbonyl (C=O) groups is 1. The van der Waals surface area contributed by atoms with Crippen LogP contribution in [0, 0.1) is 0 Å². The zero-order chi connectivity index (χ0) is 8.97. The number of amides is 1. The quantitative estimate of drug-likeness (QED) is 0.636. The lowest BCUT2D eigenvalue weighted by Gasteiger charge is -2.02. The first kappa shape index (κ1) is 8.32. The second-order valence-corrected chi connectivity index (χ2v) is 2.21. The molecule has 0 saturated carbocycles. The predicted molar refractivity (Wildman–Crippen MR) is 43.3 cm³/mol. The lowest BCUT2D eigenvalue weighted by molar-refractivity contribution is -0.119. The van der Waals surface area contributed by atoms with Crippen LogP contribution in [0.4, 0.5) is 5.69 Å². The number of anilines is 1. The molecule has 1 heterocycles. The van der Waals surface area contributed by atoms with Crippen LogP contribution in [0.5, 0.6) is 5.75 Å². The number of primary amides is 1. The van der Waals surface area contributed by atoms with Gasteiger partial charge in [-0.1, -0.05) is 0 Å². The molecule has 0 saturated heterocycles. The predicted octanol–water partition coefficient (Wildman–Crippen LogP) is -0.472. The Bertz CT molecular complexity index is 288. The molecule has 0 radical (unpaired) electrons. The number of nitrogens with zero attached hydrogens (tertiary/aromatic N) is 1. The van der Waals surface area contributed by atoms with Crippen LogP contribution in [0.3, 0.4) is 0 Å². The van der Waals surface area contributed by atoms with Gasteiger partial charge in [-0.2, -0.15) is 0 Å². The molecule has 64 valence electrons. The molecule has 0 aliphatic heterocycles. The smallest absolute Gasteiger partial charge is 0.255 e. The number of nitrogens with two attached hydrogens (primary N) is 2. The molecule has 1 rings (SSSR count). The van der Waals surface area contributed by atoms with Crippen LogP contribution < -0.4 is 16.2 Å². The minimum Gasteiger partial charge on any atom is -0.482 e. The van der Waals surface area contributed by atoms with Crippen molar-refractivity contribution in [2.24, 2.45) is 5.73 Å². The fourth-order valence-electron chi connectivity index (χ4n) is 0.669.